The van der Waals surface area contributed by atoms with Gasteiger partial charge in [-0.05, 0) is 49.6 Å². The molecule has 0 saturated heterocycles. The molecule has 1 unspecified atom stereocenters. The number of benzene rings is 2. The lowest BCUT2D eigenvalue weighted by Gasteiger charge is -2.15. The molecule has 0 saturated carbocycles. The van der Waals surface area contributed by atoms with Crippen LogP contribution in [-0.2, 0) is 0 Å². The summed E-state index contributed by atoms with van der Waals surface area (Å²) in [6.45, 7) is 6.03. The third kappa shape index (κ3) is 3.22. The van der Waals surface area contributed by atoms with Crippen molar-refractivity contribution >= 4 is 15.9 Å². The summed E-state index contributed by atoms with van der Waals surface area (Å²) in [5, 5.41) is 10.1. The summed E-state index contributed by atoms with van der Waals surface area (Å²) in [6, 6.07) is 11.6. The Morgan fingerprint density at radius 3 is 2.35 bits per heavy atom. The number of aliphatic hydroxyl groups excluding tert-OH is 1. The maximum Gasteiger partial charge on any atom is 0.133 e. The molecule has 2 aromatic rings. The first-order valence-electron chi connectivity index (χ1n) is 6.74. The van der Waals surface area contributed by atoms with E-state index in [-0.39, 0.29) is 0 Å². The first kappa shape index (κ1) is 15.1. The maximum atomic E-state index is 10.1. The van der Waals surface area contributed by atoms with Crippen molar-refractivity contribution in [1.82, 2.24) is 0 Å². The summed E-state index contributed by atoms with van der Waals surface area (Å²) in [7, 11) is 0. The number of para-hydroxylation sites is 1. The van der Waals surface area contributed by atoms with E-state index in [2.05, 4.69) is 15.9 Å². The summed E-state index contributed by atoms with van der Waals surface area (Å²) >= 11 is 3.55. The molecule has 1 atom stereocenters. The predicted molar refractivity (Wildman–Crippen MR) is 85.4 cm³/mol. The van der Waals surface area contributed by atoms with E-state index in [1.165, 1.54) is 0 Å². The van der Waals surface area contributed by atoms with Crippen LogP contribution in [0.4, 0.5) is 0 Å². The van der Waals surface area contributed by atoms with Crippen molar-refractivity contribution in [2.75, 3.05) is 0 Å². The van der Waals surface area contributed by atoms with Gasteiger partial charge in [0.05, 0.1) is 6.10 Å². The smallest absolute Gasteiger partial charge is 0.133 e. The van der Waals surface area contributed by atoms with Crippen LogP contribution in [0, 0.1) is 13.8 Å². The normalized spacial score (nSPS) is 12.2. The van der Waals surface area contributed by atoms with Gasteiger partial charge in [-0.15, -0.1) is 0 Å². The van der Waals surface area contributed by atoms with Crippen LogP contribution in [0.25, 0.3) is 0 Å². The molecule has 2 rings (SSSR count). The Hall–Kier alpha value is -1.32. The van der Waals surface area contributed by atoms with Gasteiger partial charge in [-0.2, -0.15) is 0 Å². The monoisotopic (exact) mass is 334 g/mol. The number of rotatable bonds is 4. The molecule has 0 fully saturated rings. The minimum atomic E-state index is -0.496. The van der Waals surface area contributed by atoms with E-state index in [0.717, 1.165) is 26.9 Å². The Labute approximate surface area is 128 Å². The largest absolute Gasteiger partial charge is 0.457 e. The Bertz CT molecular complexity index is 585. The van der Waals surface area contributed by atoms with E-state index in [1.54, 1.807) is 0 Å². The van der Waals surface area contributed by atoms with Crippen molar-refractivity contribution < 1.29 is 9.84 Å². The number of halogens is 1. The van der Waals surface area contributed by atoms with Crippen molar-refractivity contribution in [2.45, 2.75) is 33.3 Å². The fourth-order valence-electron chi connectivity index (χ4n) is 2.16. The number of ether oxygens (including phenoxy) is 1. The third-order valence-corrected chi connectivity index (χ3v) is 4.55. The van der Waals surface area contributed by atoms with Gasteiger partial charge < -0.3 is 9.84 Å². The van der Waals surface area contributed by atoms with Crippen LogP contribution >= 0.6 is 15.9 Å². The second kappa shape index (κ2) is 6.42. The standard InChI is InChI=1S/C17H19BrO2/c1-4-15(19)14-7-5-6-8-16(14)20-13-9-11(2)17(18)12(3)10-13/h5-10,15,19H,4H2,1-3H3. The first-order chi connectivity index (χ1) is 9.52. The number of aliphatic hydroxyl groups is 1. The summed E-state index contributed by atoms with van der Waals surface area (Å²) in [5.74, 6) is 1.50. The van der Waals surface area contributed by atoms with Crippen LogP contribution in [0.1, 0.15) is 36.1 Å². The zero-order chi connectivity index (χ0) is 14.7. The lowest BCUT2D eigenvalue weighted by molar-refractivity contribution is 0.170. The summed E-state index contributed by atoms with van der Waals surface area (Å²) in [6.07, 6.45) is 0.169. The molecule has 1 N–H and O–H groups in total. The van der Waals surface area contributed by atoms with E-state index >= 15 is 0 Å². The molecule has 106 valence electrons. The van der Waals surface area contributed by atoms with Crippen LogP contribution in [0.2, 0.25) is 0 Å². The predicted octanol–water partition coefficient (Wildman–Crippen LogP) is 5.30. The summed E-state index contributed by atoms with van der Waals surface area (Å²) < 4.78 is 7.07. The lowest BCUT2D eigenvalue weighted by atomic mass is 10.1. The molecule has 0 amide bonds. The van der Waals surface area contributed by atoms with Crippen LogP contribution in [-0.4, -0.2) is 5.11 Å². The van der Waals surface area contributed by atoms with Gasteiger partial charge in [0.25, 0.3) is 0 Å². The molecule has 2 nitrogen and oxygen atoms in total. The minimum absolute atomic E-state index is 0.496. The van der Waals surface area contributed by atoms with Gasteiger partial charge in [0.2, 0.25) is 0 Å². The zero-order valence-electron chi connectivity index (χ0n) is 12.0. The van der Waals surface area contributed by atoms with Crippen LogP contribution in [0.5, 0.6) is 11.5 Å². The fraction of sp³-hybridized carbons (Fsp3) is 0.294. The average Bonchev–Trinajstić information content (AvgIpc) is 2.44. The Morgan fingerprint density at radius 1 is 1.15 bits per heavy atom. The highest BCUT2D eigenvalue weighted by molar-refractivity contribution is 9.10. The molecule has 20 heavy (non-hydrogen) atoms. The van der Waals surface area contributed by atoms with Crippen LogP contribution < -0.4 is 4.74 Å². The summed E-state index contributed by atoms with van der Waals surface area (Å²) in [5.41, 5.74) is 3.09. The molecule has 0 bridgehead atoms. The van der Waals surface area contributed by atoms with Gasteiger partial charge in [-0.25, -0.2) is 0 Å². The van der Waals surface area contributed by atoms with Gasteiger partial charge in [0.15, 0.2) is 0 Å². The average molecular weight is 335 g/mol. The zero-order valence-corrected chi connectivity index (χ0v) is 13.6. The highest BCUT2D eigenvalue weighted by Crippen LogP contribution is 2.33. The maximum absolute atomic E-state index is 10.1. The Kier molecular flexibility index (Phi) is 4.84. The van der Waals surface area contributed by atoms with Crippen molar-refractivity contribution in [3.63, 3.8) is 0 Å². The highest BCUT2D eigenvalue weighted by atomic mass is 79.9. The van der Waals surface area contributed by atoms with Crippen LogP contribution in [0.3, 0.4) is 0 Å². The van der Waals surface area contributed by atoms with E-state index in [1.807, 2.05) is 57.2 Å². The third-order valence-electron chi connectivity index (χ3n) is 3.30. The molecule has 0 aliphatic heterocycles. The van der Waals surface area contributed by atoms with Crippen LogP contribution in [0.15, 0.2) is 40.9 Å². The molecule has 2 aromatic carbocycles. The minimum Gasteiger partial charge on any atom is -0.457 e. The van der Waals surface area contributed by atoms with E-state index in [0.29, 0.717) is 12.2 Å². The topological polar surface area (TPSA) is 29.5 Å². The number of aryl methyl sites for hydroxylation is 2. The highest BCUT2D eigenvalue weighted by Gasteiger charge is 2.12. The van der Waals surface area contributed by atoms with E-state index in [4.69, 9.17) is 4.74 Å². The molecule has 3 heteroatoms. The van der Waals surface area contributed by atoms with Crippen molar-refractivity contribution in [3.05, 3.63) is 57.6 Å². The second-order valence-electron chi connectivity index (χ2n) is 4.93. The van der Waals surface area contributed by atoms with Gasteiger partial charge in [-0.1, -0.05) is 41.1 Å². The molecule has 0 aromatic heterocycles. The fourth-order valence-corrected chi connectivity index (χ4v) is 2.39. The molecule has 0 aliphatic carbocycles. The number of hydrogen-bond donors (Lipinski definition) is 1. The van der Waals surface area contributed by atoms with E-state index in [9.17, 15) is 5.11 Å². The molecular formula is C17H19BrO2. The van der Waals surface area contributed by atoms with Gasteiger partial charge in [0.1, 0.15) is 11.5 Å². The summed E-state index contributed by atoms with van der Waals surface area (Å²) in [4.78, 5) is 0. The molecule has 0 radical (unpaired) electrons. The first-order valence-corrected chi connectivity index (χ1v) is 7.53. The van der Waals surface area contributed by atoms with Crippen molar-refractivity contribution in [1.29, 1.82) is 0 Å². The van der Waals surface area contributed by atoms with E-state index < -0.39 is 6.10 Å². The SMILES string of the molecule is CCC(O)c1ccccc1Oc1cc(C)c(Br)c(C)c1. The second-order valence-corrected chi connectivity index (χ2v) is 5.73. The molecule has 0 spiro atoms. The van der Waals surface area contributed by atoms with Gasteiger partial charge in [-0.3, -0.25) is 0 Å². The Morgan fingerprint density at radius 2 is 1.75 bits per heavy atom. The lowest BCUT2D eigenvalue weighted by Crippen LogP contribution is -1.99. The van der Waals surface area contributed by atoms with Crippen molar-refractivity contribution in [2.24, 2.45) is 0 Å². The van der Waals surface area contributed by atoms with Crippen molar-refractivity contribution in [3.8, 4) is 11.5 Å². The van der Waals surface area contributed by atoms with Gasteiger partial charge >= 0.3 is 0 Å². The van der Waals surface area contributed by atoms with Gasteiger partial charge in [0, 0.05) is 10.0 Å². The molecule has 0 aliphatic rings. The molecular weight excluding hydrogens is 316 g/mol. The Balaban J connectivity index is 2.35. The quantitative estimate of drug-likeness (QED) is 0.821. The number of hydrogen-bond acceptors (Lipinski definition) is 2. The molecule has 0 heterocycles.